The van der Waals surface area contributed by atoms with E-state index < -0.39 is 5.97 Å². The summed E-state index contributed by atoms with van der Waals surface area (Å²) in [5.74, 6) is -1.27. The van der Waals surface area contributed by atoms with Crippen LogP contribution in [0.3, 0.4) is 0 Å². The van der Waals surface area contributed by atoms with Crippen molar-refractivity contribution in [3.05, 3.63) is 70.2 Å². The van der Waals surface area contributed by atoms with Gasteiger partial charge in [-0.3, -0.25) is 4.79 Å². The molecule has 2 aromatic carbocycles. The first-order chi connectivity index (χ1) is 13.4. The minimum Gasteiger partial charge on any atom is -0.478 e. The molecule has 1 aromatic heterocycles. The van der Waals surface area contributed by atoms with Gasteiger partial charge in [0, 0.05) is 16.8 Å². The molecule has 0 aliphatic heterocycles. The Balaban J connectivity index is 1.62. The second-order valence-electron chi connectivity index (χ2n) is 6.38. The quantitative estimate of drug-likeness (QED) is 0.542. The van der Waals surface area contributed by atoms with Crippen LogP contribution >= 0.6 is 11.3 Å². The summed E-state index contributed by atoms with van der Waals surface area (Å²) in [5, 5.41) is 17.7. The van der Waals surface area contributed by atoms with Crippen molar-refractivity contribution in [2.45, 2.75) is 26.7 Å². The lowest BCUT2D eigenvalue weighted by molar-refractivity contribution is -0.115. The van der Waals surface area contributed by atoms with Gasteiger partial charge in [-0.05, 0) is 48.7 Å². The molecule has 6 nitrogen and oxygen atoms in total. The highest BCUT2D eigenvalue weighted by molar-refractivity contribution is 7.13. The normalized spacial score (nSPS) is 10.5. The summed E-state index contributed by atoms with van der Waals surface area (Å²) in [4.78, 5) is 27.9. The van der Waals surface area contributed by atoms with Gasteiger partial charge in [0.2, 0.25) is 5.91 Å². The molecule has 0 saturated heterocycles. The SMILES string of the molecule is CCc1ccc(Nc2nc(CC(=O)Nc3cc(C(=O)O)ccc3C)cs2)cc1. The van der Waals surface area contributed by atoms with Crippen molar-refractivity contribution in [3.63, 3.8) is 0 Å². The lowest BCUT2D eigenvalue weighted by Crippen LogP contribution is -2.16. The highest BCUT2D eigenvalue weighted by Crippen LogP contribution is 2.22. The molecule has 0 spiro atoms. The number of hydrogen-bond donors (Lipinski definition) is 3. The molecule has 0 atom stereocenters. The minimum absolute atomic E-state index is 0.115. The molecule has 7 heteroatoms. The second kappa shape index (κ2) is 8.67. The van der Waals surface area contributed by atoms with Gasteiger partial charge in [0.25, 0.3) is 0 Å². The number of rotatable bonds is 7. The summed E-state index contributed by atoms with van der Waals surface area (Å²) in [6.45, 7) is 3.93. The molecule has 28 heavy (non-hydrogen) atoms. The number of thiazole rings is 1. The van der Waals surface area contributed by atoms with Gasteiger partial charge >= 0.3 is 5.97 Å². The second-order valence-corrected chi connectivity index (χ2v) is 7.24. The van der Waals surface area contributed by atoms with Crippen molar-refractivity contribution in [1.29, 1.82) is 0 Å². The van der Waals surface area contributed by atoms with Gasteiger partial charge in [-0.25, -0.2) is 9.78 Å². The number of carbonyl (C=O) groups excluding carboxylic acids is 1. The van der Waals surface area contributed by atoms with E-state index in [1.165, 1.54) is 29.0 Å². The van der Waals surface area contributed by atoms with Crippen LogP contribution in [0.1, 0.15) is 34.1 Å². The number of aromatic carboxylic acids is 1. The Kier molecular flexibility index (Phi) is 6.06. The molecule has 0 radical (unpaired) electrons. The van der Waals surface area contributed by atoms with E-state index in [1.807, 2.05) is 24.4 Å². The van der Waals surface area contributed by atoms with Crippen molar-refractivity contribution in [1.82, 2.24) is 4.98 Å². The molecule has 1 amide bonds. The van der Waals surface area contributed by atoms with Crippen LogP contribution in [0.4, 0.5) is 16.5 Å². The van der Waals surface area contributed by atoms with Crippen LogP contribution in [-0.2, 0) is 17.6 Å². The topological polar surface area (TPSA) is 91.3 Å². The summed E-state index contributed by atoms with van der Waals surface area (Å²) < 4.78 is 0. The summed E-state index contributed by atoms with van der Waals surface area (Å²) in [6.07, 6.45) is 1.11. The number of nitrogens with one attached hydrogen (secondary N) is 2. The van der Waals surface area contributed by atoms with Crippen molar-refractivity contribution in [3.8, 4) is 0 Å². The summed E-state index contributed by atoms with van der Waals surface area (Å²) in [7, 11) is 0. The molecule has 3 rings (SSSR count). The maximum atomic E-state index is 12.3. The first-order valence-electron chi connectivity index (χ1n) is 8.88. The van der Waals surface area contributed by atoms with Crippen LogP contribution in [0.25, 0.3) is 0 Å². The number of carbonyl (C=O) groups is 2. The zero-order valence-corrected chi connectivity index (χ0v) is 16.5. The average Bonchev–Trinajstić information content (AvgIpc) is 3.10. The van der Waals surface area contributed by atoms with E-state index in [4.69, 9.17) is 5.11 Å². The Bertz CT molecular complexity index is 996. The first-order valence-corrected chi connectivity index (χ1v) is 9.76. The fourth-order valence-corrected chi connectivity index (χ4v) is 3.37. The van der Waals surface area contributed by atoms with Gasteiger partial charge in [0.05, 0.1) is 17.7 Å². The van der Waals surface area contributed by atoms with Gasteiger partial charge in [-0.2, -0.15) is 0 Å². The largest absolute Gasteiger partial charge is 0.478 e. The van der Waals surface area contributed by atoms with E-state index >= 15 is 0 Å². The predicted molar refractivity (Wildman–Crippen MR) is 112 cm³/mol. The Labute approximate surface area is 167 Å². The number of amides is 1. The van der Waals surface area contributed by atoms with Crippen LogP contribution in [0.2, 0.25) is 0 Å². The monoisotopic (exact) mass is 395 g/mol. The number of carboxylic acids is 1. The van der Waals surface area contributed by atoms with Gasteiger partial charge in [-0.1, -0.05) is 25.1 Å². The van der Waals surface area contributed by atoms with Crippen LogP contribution in [0.15, 0.2) is 47.8 Å². The van der Waals surface area contributed by atoms with Crippen LogP contribution in [0, 0.1) is 6.92 Å². The number of carboxylic acid groups (broad SMARTS) is 1. The lowest BCUT2D eigenvalue weighted by Gasteiger charge is -2.08. The maximum Gasteiger partial charge on any atom is 0.335 e. The molecule has 3 N–H and O–H groups in total. The van der Waals surface area contributed by atoms with E-state index in [2.05, 4.69) is 34.7 Å². The predicted octanol–water partition coefficient (Wildman–Crippen LogP) is 4.64. The fourth-order valence-electron chi connectivity index (χ4n) is 2.64. The highest BCUT2D eigenvalue weighted by Gasteiger charge is 2.12. The highest BCUT2D eigenvalue weighted by atomic mass is 32.1. The molecule has 3 aromatic rings. The zero-order chi connectivity index (χ0) is 20.1. The number of aromatic nitrogens is 1. The van der Waals surface area contributed by atoms with Gasteiger partial charge in [0.15, 0.2) is 5.13 Å². The third-order valence-corrected chi connectivity index (χ3v) is 5.07. The molecule has 144 valence electrons. The maximum absolute atomic E-state index is 12.3. The molecule has 0 bridgehead atoms. The van der Waals surface area contributed by atoms with E-state index in [0.29, 0.717) is 11.4 Å². The minimum atomic E-state index is -1.03. The van der Waals surface area contributed by atoms with Crippen molar-refractivity contribution >= 4 is 39.7 Å². The van der Waals surface area contributed by atoms with Crippen LogP contribution < -0.4 is 10.6 Å². The average molecular weight is 395 g/mol. The summed E-state index contributed by atoms with van der Waals surface area (Å²) in [6, 6.07) is 12.8. The molecular formula is C21H21N3O3S. The van der Waals surface area contributed by atoms with Crippen molar-refractivity contribution in [2.24, 2.45) is 0 Å². The van der Waals surface area contributed by atoms with Crippen molar-refractivity contribution < 1.29 is 14.7 Å². The standard InChI is InChI=1S/C21H21N3O3S/c1-3-14-5-8-16(9-6-14)22-21-23-17(12-28-21)11-19(25)24-18-10-15(20(26)27)7-4-13(18)2/h4-10,12H,3,11H2,1-2H3,(H,22,23)(H,24,25)(H,26,27). The van der Waals surface area contributed by atoms with Crippen LogP contribution in [-0.4, -0.2) is 22.0 Å². The number of benzene rings is 2. The molecule has 0 aliphatic carbocycles. The van der Waals surface area contributed by atoms with E-state index in [0.717, 1.165) is 22.8 Å². The molecule has 0 unspecified atom stereocenters. The molecule has 0 fully saturated rings. The Morgan fingerprint density at radius 1 is 1.14 bits per heavy atom. The third-order valence-electron chi connectivity index (χ3n) is 4.27. The van der Waals surface area contributed by atoms with Gasteiger partial charge in [0.1, 0.15) is 0 Å². The zero-order valence-electron chi connectivity index (χ0n) is 15.7. The van der Waals surface area contributed by atoms with Gasteiger partial charge < -0.3 is 15.7 Å². The summed E-state index contributed by atoms with van der Waals surface area (Å²) in [5.41, 5.74) is 4.30. The number of hydrogen-bond acceptors (Lipinski definition) is 5. The lowest BCUT2D eigenvalue weighted by atomic mass is 10.1. The molecule has 1 heterocycles. The van der Waals surface area contributed by atoms with E-state index in [1.54, 1.807) is 6.07 Å². The number of aryl methyl sites for hydroxylation is 2. The van der Waals surface area contributed by atoms with Crippen LogP contribution in [0.5, 0.6) is 0 Å². The molecule has 0 saturated carbocycles. The Hall–Kier alpha value is -3.19. The Morgan fingerprint density at radius 3 is 2.57 bits per heavy atom. The van der Waals surface area contributed by atoms with Gasteiger partial charge in [-0.15, -0.1) is 11.3 Å². The third kappa shape index (κ3) is 4.95. The van der Waals surface area contributed by atoms with Crippen molar-refractivity contribution in [2.75, 3.05) is 10.6 Å². The molecule has 0 aliphatic rings. The number of nitrogens with zero attached hydrogens (tertiary/aromatic N) is 1. The fraction of sp³-hybridized carbons (Fsp3) is 0.190. The van der Waals surface area contributed by atoms with E-state index in [9.17, 15) is 9.59 Å². The first kappa shape index (κ1) is 19.6. The number of anilines is 3. The summed E-state index contributed by atoms with van der Waals surface area (Å²) >= 11 is 1.43. The smallest absolute Gasteiger partial charge is 0.335 e. The van der Waals surface area contributed by atoms with E-state index in [-0.39, 0.29) is 17.9 Å². The molecular weight excluding hydrogens is 374 g/mol. The Morgan fingerprint density at radius 2 is 1.89 bits per heavy atom.